The van der Waals surface area contributed by atoms with Crippen LogP contribution in [0.25, 0.3) is 21.9 Å². The molecule has 0 aliphatic heterocycles. The molecule has 1 atom stereocenters. The largest absolute Gasteiger partial charge is 0.393 e. The van der Waals surface area contributed by atoms with Crippen molar-refractivity contribution in [3.63, 3.8) is 0 Å². The fourth-order valence-corrected chi connectivity index (χ4v) is 4.29. The molecule has 2 aromatic heterocycles. The number of aliphatic hydroxyl groups excluding tert-OH is 1. The van der Waals surface area contributed by atoms with Crippen LogP contribution in [0.5, 0.6) is 0 Å². The van der Waals surface area contributed by atoms with E-state index in [0.717, 1.165) is 48.3 Å². The highest BCUT2D eigenvalue weighted by atomic mass is 16.5. The lowest BCUT2D eigenvalue weighted by atomic mass is 9.93. The number of hydrogen-bond donors (Lipinski definition) is 2. The van der Waals surface area contributed by atoms with Crippen molar-refractivity contribution in [1.82, 2.24) is 15.0 Å². The van der Waals surface area contributed by atoms with Gasteiger partial charge in [-0.3, -0.25) is 4.79 Å². The molecule has 1 aromatic carbocycles. The third kappa shape index (κ3) is 3.30. The van der Waals surface area contributed by atoms with E-state index in [9.17, 15) is 14.7 Å². The summed E-state index contributed by atoms with van der Waals surface area (Å²) in [5.74, 6) is -0.590. The predicted molar refractivity (Wildman–Crippen MR) is 105 cm³/mol. The van der Waals surface area contributed by atoms with E-state index >= 15 is 0 Å². The van der Waals surface area contributed by atoms with Crippen LogP contribution >= 0.6 is 0 Å². The Morgan fingerprint density at radius 1 is 1.36 bits per heavy atom. The summed E-state index contributed by atoms with van der Waals surface area (Å²) in [5, 5.41) is 18.4. The van der Waals surface area contributed by atoms with Gasteiger partial charge in [0, 0.05) is 36.6 Å². The van der Waals surface area contributed by atoms with E-state index < -0.39 is 5.92 Å². The van der Waals surface area contributed by atoms with E-state index in [1.807, 2.05) is 18.2 Å². The van der Waals surface area contributed by atoms with Gasteiger partial charge in [0.25, 0.3) is 0 Å². The van der Waals surface area contributed by atoms with Gasteiger partial charge in [-0.1, -0.05) is 5.16 Å². The van der Waals surface area contributed by atoms with E-state index in [2.05, 4.69) is 21.2 Å². The van der Waals surface area contributed by atoms with Crippen molar-refractivity contribution in [2.24, 2.45) is 0 Å². The number of aromatic nitrogens is 2. The highest BCUT2D eigenvalue weighted by Gasteiger charge is 2.25. The molecule has 1 aliphatic rings. The summed E-state index contributed by atoms with van der Waals surface area (Å²) in [4.78, 5) is 23.3. The maximum atomic E-state index is 11.7. The Kier molecular flexibility index (Phi) is 5.17. The zero-order valence-electron chi connectivity index (χ0n) is 15.9. The topological polar surface area (TPSA) is 97.4 Å². The smallest absolute Gasteiger partial charge is 0.219 e. The third-order valence-electron chi connectivity index (χ3n) is 5.90. The maximum absolute atomic E-state index is 11.7. The molecule has 0 saturated heterocycles. The number of aldehydes is 1. The fraction of sp³-hybridized carbons (Fsp3) is 0.476. The van der Waals surface area contributed by atoms with Gasteiger partial charge in [-0.15, -0.1) is 0 Å². The quantitative estimate of drug-likeness (QED) is 0.638. The van der Waals surface area contributed by atoms with Crippen molar-refractivity contribution >= 4 is 34.1 Å². The second-order valence-corrected chi connectivity index (χ2v) is 7.58. The molecular weight excluding hydrogens is 358 g/mol. The highest BCUT2D eigenvalue weighted by molar-refractivity contribution is 6.07. The number of fused-ring (bicyclic) bond motifs is 3. The summed E-state index contributed by atoms with van der Waals surface area (Å²) in [7, 11) is 1.58. The van der Waals surface area contributed by atoms with E-state index in [4.69, 9.17) is 4.52 Å². The SMILES string of the molecule is CNC(=O)CCC(C=O)c1noc2ccc3c(ccn3[C@H]3CC[C@H](O)CC3)c12. The minimum atomic E-state index is -0.489. The fourth-order valence-electron chi connectivity index (χ4n) is 4.29. The van der Waals surface area contributed by atoms with Crippen molar-refractivity contribution in [1.29, 1.82) is 0 Å². The Morgan fingerprint density at radius 3 is 2.86 bits per heavy atom. The molecule has 1 amide bonds. The second-order valence-electron chi connectivity index (χ2n) is 7.58. The summed E-state index contributed by atoms with van der Waals surface area (Å²) >= 11 is 0. The number of nitrogens with zero attached hydrogens (tertiary/aromatic N) is 2. The van der Waals surface area contributed by atoms with Crippen LogP contribution in [0, 0.1) is 0 Å². The van der Waals surface area contributed by atoms with Crippen LogP contribution in [0.2, 0.25) is 0 Å². The van der Waals surface area contributed by atoms with Crippen LogP contribution in [0.15, 0.2) is 28.9 Å². The number of rotatable bonds is 6. The number of nitrogens with one attached hydrogen (secondary N) is 1. The van der Waals surface area contributed by atoms with E-state index in [1.165, 1.54) is 0 Å². The Hall–Kier alpha value is -2.67. The van der Waals surface area contributed by atoms with Gasteiger partial charge in [-0.25, -0.2) is 0 Å². The van der Waals surface area contributed by atoms with Gasteiger partial charge in [0.1, 0.15) is 12.0 Å². The molecule has 7 heteroatoms. The highest BCUT2D eigenvalue weighted by Crippen LogP contribution is 2.37. The molecule has 2 heterocycles. The lowest BCUT2D eigenvalue weighted by molar-refractivity contribution is -0.120. The van der Waals surface area contributed by atoms with Gasteiger partial charge in [0.05, 0.1) is 17.4 Å². The van der Waals surface area contributed by atoms with Crippen LogP contribution in [0.1, 0.15) is 56.2 Å². The Balaban J connectivity index is 1.72. The number of carbonyl (C=O) groups excluding carboxylic acids is 2. The zero-order chi connectivity index (χ0) is 19.7. The number of aliphatic hydroxyl groups is 1. The molecule has 28 heavy (non-hydrogen) atoms. The monoisotopic (exact) mass is 383 g/mol. The first-order valence-corrected chi connectivity index (χ1v) is 9.85. The van der Waals surface area contributed by atoms with E-state index in [-0.39, 0.29) is 18.4 Å². The number of amides is 1. The Morgan fingerprint density at radius 2 is 2.14 bits per heavy atom. The summed E-state index contributed by atoms with van der Waals surface area (Å²) in [6.07, 6.45) is 6.91. The first-order valence-electron chi connectivity index (χ1n) is 9.85. The number of hydrogen-bond acceptors (Lipinski definition) is 5. The van der Waals surface area contributed by atoms with Crippen molar-refractivity contribution in [3.8, 4) is 0 Å². The summed E-state index contributed by atoms with van der Waals surface area (Å²) in [6.45, 7) is 0. The summed E-state index contributed by atoms with van der Waals surface area (Å²) < 4.78 is 7.75. The minimum absolute atomic E-state index is 0.101. The van der Waals surface area contributed by atoms with Crippen molar-refractivity contribution in [2.75, 3.05) is 7.05 Å². The molecule has 3 aromatic rings. The van der Waals surface area contributed by atoms with E-state index in [0.29, 0.717) is 23.7 Å². The Bertz CT molecular complexity index is 998. The molecule has 1 unspecified atom stereocenters. The molecule has 0 spiro atoms. The van der Waals surface area contributed by atoms with E-state index in [1.54, 1.807) is 7.05 Å². The molecule has 1 aliphatic carbocycles. The number of benzene rings is 1. The van der Waals surface area contributed by atoms with Gasteiger partial charge in [-0.05, 0) is 50.3 Å². The summed E-state index contributed by atoms with van der Waals surface area (Å²) in [5.41, 5.74) is 2.32. The molecule has 148 valence electrons. The maximum Gasteiger partial charge on any atom is 0.219 e. The molecule has 1 fully saturated rings. The first-order chi connectivity index (χ1) is 13.6. The molecule has 1 saturated carbocycles. The van der Waals surface area contributed by atoms with Gasteiger partial charge < -0.3 is 24.3 Å². The molecule has 0 radical (unpaired) electrons. The van der Waals surface area contributed by atoms with Gasteiger partial charge in [-0.2, -0.15) is 0 Å². The van der Waals surface area contributed by atoms with Crippen molar-refractivity contribution in [3.05, 3.63) is 30.1 Å². The van der Waals surface area contributed by atoms with Crippen LogP contribution in [0.4, 0.5) is 0 Å². The lowest BCUT2D eigenvalue weighted by Gasteiger charge is -2.27. The Labute approximate surface area is 162 Å². The van der Waals surface area contributed by atoms with Gasteiger partial charge in [0.15, 0.2) is 5.58 Å². The molecular formula is C21H25N3O4. The molecule has 2 N–H and O–H groups in total. The van der Waals surface area contributed by atoms with Gasteiger partial charge >= 0.3 is 0 Å². The van der Waals surface area contributed by atoms with Gasteiger partial charge in [0.2, 0.25) is 5.91 Å². The zero-order valence-corrected chi connectivity index (χ0v) is 15.9. The average Bonchev–Trinajstić information content (AvgIpc) is 3.33. The standard InChI is InChI=1S/C21H25N3O4/c1-22-19(27)9-2-13(12-25)21-20-16-10-11-24(14-3-5-15(26)6-4-14)17(16)7-8-18(20)28-23-21/h7-8,10-15,26H,2-6,9H2,1H3,(H,22,27)/t13?,14-,15-. The minimum Gasteiger partial charge on any atom is -0.393 e. The first kappa shape index (κ1) is 18.7. The van der Waals surface area contributed by atoms with Crippen LogP contribution < -0.4 is 5.32 Å². The number of carbonyl (C=O) groups is 2. The average molecular weight is 383 g/mol. The van der Waals surface area contributed by atoms with Crippen LogP contribution in [-0.2, 0) is 9.59 Å². The van der Waals surface area contributed by atoms with Crippen LogP contribution in [-0.4, -0.2) is 40.2 Å². The molecule has 7 nitrogen and oxygen atoms in total. The van der Waals surface area contributed by atoms with Crippen LogP contribution in [0.3, 0.4) is 0 Å². The van der Waals surface area contributed by atoms with Crippen molar-refractivity contribution < 1.29 is 19.2 Å². The predicted octanol–water partition coefficient (Wildman–Crippen LogP) is 3.07. The normalized spacial score (nSPS) is 21.1. The molecule has 0 bridgehead atoms. The summed E-state index contributed by atoms with van der Waals surface area (Å²) in [6, 6.07) is 6.32. The van der Waals surface area contributed by atoms with Crippen molar-refractivity contribution in [2.45, 2.75) is 56.6 Å². The lowest BCUT2D eigenvalue weighted by Crippen LogP contribution is -2.20. The molecule has 4 rings (SSSR count). The third-order valence-corrected chi connectivity index (χ3v) is 5.90. The second kappa shape index (κ2) is 7.75.